The quantitative estimate of drug-likeness (QED) is 0.816. The van der Waals surface area contributed by atoms with Gasteiger partial charge in [0.15, 0.2) is 0 Å². The van der Waals surface area contributed by atoms with Crippen molar-refractivity contribution in [1.82, 2.24) is 5.32 Å². The molecule has 2 aliphatic rings. The van der Waals surface area contributed by atoms with Gasteiger partial charge in [0, 0.05) is 10.6 Å². The van der Waals surface area contributed by atoms with Crippen molar-refractivity contribution in [1.29, 1.82) is 0 Å². The molecule has 0 saturated carbocycles. The number of fused-ring (bicyclic) bond motifs is 1. The summed E-state index contributed by atoms with van der Waals surface area (Å²) in [6.45, 7) is 8.31. The van der Waals surface area contributed by atoms with Gasteiger partial charge in [0.25, 0.3) is 0 Å². The van der Waals surface area contributed by atoms with Crippen LogP contribution in [-0.2, 0) is 9.31 Å². The van der Waals surface area contributed by atoms with Gasteiger partial charge in [-0.05, 0) is 52.3 Å². The zero-order valence-corrected chi connectivity index (χ0v) is 13.4. The number of anilines is 1. The SMILES string of the molecule is CNC1Nc2ccc(B3OC(C)(C)C(C)(C)O3)cc2S1. The minimum absolute atomic E-state index is 0.235. The van der Waals surface area contributed by atoms with Crippen LogP contribution >= 0.6 is 11.8 Å². The van der Waals surface area contributed by atoms with Gasteiger partial charge >= 0.3 is 7.12 Å². The smallest absolute Gasteiger partial charge is 0.399 e. The van der Waals surface area contributed by atoms with Crippen molar-refractivity contribution in [2.75, 3.05) is 12.4 Å². The zero-order chi connectivity index (χ0) is 14.5. The summed E-state index contributed by atoms with van der Waals surface area (Å²) in [5.74, 6) is 0. The van der Waals surface area contributed by atoms with Crippen molar-refractivity contribution in [3.8, 4) is 0 Å². The summed E-state index contributed by atoms with van der Waals surface area (Å²) < 4.78 is 12.2. The second-order valence-corrected chi connectivity index (χ2v) is 7.42. The maximum Gasteiger partial charge on any atom is 0.494 e. The molecule has 2 N–H and O–H groups in total. The average molecular weight is 292 g/mol. The molecule has 1 aromatic rings. The lowest BCUT2D eigenvalue weighted by Crippen LogP contribution is -2.41. The Bertz CT molecular complexity index is 520. The molecule has 20 heavy (non-hydrogen) atoms. The third-order valence-electron chi connectivity index (χ3n) is 4.32. The predicted molar refractivity (Wildman–Crippen MR) is 84.5 cm³/mol. The van der Waals surface area contributed by atoms with Crippen LogP contribution in [0.15, 0.2) is 23.1 Å². The van der Waals surface area contributed by atoms with E-state index in [2.05, 4.69) is 56.5 Å². The van der Waals surface area contributed by atoms with Crippen LogP contribution < -0.4 is 16.1 Å². The highest BCUT2D eigenvalue weighted by Gasteiger charge is 2.51. The summed E-state index contributed by atoms with van der Waals surface area (Å²) in [5, 5.41) is 6.62. The van der Waals surface area contributed by atoms with E-state index in [1.54, 1.807) is 11.8 Å². The van der Waals surface area contributed by atoms with Gasteiger partial charge in [0.05, 0.1) is 11.2 Å². The predicted octanol–water partition coefficient (Wildman–Crippen LogP) is 2.01. The van der Waals surface area contributed by atoms with E-state index in [0.29, 0.717) is 0 Å². The van der Waals surface area contributed by atoms with E-state index in [1.165, 1.54) is 4.90 Å². The molecule has 1 unspecified atom stereocenters. The Morgan fingerprint density at radius 1 is 1.20 bits per heavy atom. The van der Waals surface area contributed by atoms with E-state index >= 15 is 0 Å². The van der Waals surface area contributed by atoms with Gasteiger partial charge in [-0.3, -0.25) is 5.32 Å². The van der Waals surface area contributed by atoms with Crippen LogP contribution in [0, 0.1) is 0 Å². The Balaban J connectivity index is 1.84. The molecule has 0 radical (unpaired) electrons. The fraction of sp³-hybridized carbons (Fsp3) is 0.571. The zero-order valence-electron chi connectivity index (χ0n) is 12.6. The Labute approximate surface area is 125 Å². The molecule has 108 valence electrons. The first-order valence-electron chi connectivity index (χ1n) is 6.92. The number of hydrogen-bond donors (Lipinski definition) is 2. The first kappa shape index (κ1) is 14.3. The number of hydrogen-bond acceptors (Lipinski definition) is 5. The Hall–Kier alpha value is -0.685. The van der Waals surface area contributed by atoms with Crippen molar-refractivity contribution in [3.05, 3.63) is 18.2 Å². The summed E-state index contributed by atoms with van der Waals surface area (Å²) in [7, 11) is 1.66. The Morgan fingerprint density at radius 2 is 1.85 bits per heavy atom. The van der Waals surface area contributed by atoms with Gasteiger partial charge in [0.1, 0.15) is 5.50 Å². The first-order chi connectivity index (χ1) is 9.32. The minimum Gasteiger partial charge on any atom is -0.399 e. The summed E-state index contributed by atoms with van der Waals surface area (Å²) in [4.78, 5) is 1.23. The van der Waals surface area contributed by atoms with Gasteiger partial charge in [-0.1, -0.05) is 17.8 Å². The maximum atomic E-state index is 6.10. The molecule has 2 aliphatic heterocycles. The molecule has 0 bridgehead atoms. The van der Waals surface area contributed by atoms with Gasteiger partial charge in [-0.15, -0.1) is 0 Å². The fourth-order valence-corrected chi connectivity index (χ4v) is 3.33. The lowest BCUT2D eigenvalue weighted by atomic mass is 9.79. The van der Waals surface area contributed by atoms with Crippen LogP contribution in [0.25, 0.3) is 0 Å². The molecule has 1 saturated heterocycles. The summed E-state index contributed by atoms with van der Waals surface area (Å²) in [5.41, 5.74) is 1.88. The second-order valence-electron chi connectivity index (χ2n) is 6.27. The largest absolute Gasteiger partial charge is 0.494 e. The van der Waals surface area contributed by atoms with Crippen molar-refractivity contribution >= 4 is 30.0 Å². The summed E-state index contributed by atoms with van der Waals surface area (Å²) >= 11 is 1.78. The minimum atomic E-state index is -0.296. The van der Waals surface area contributed by atoms with E-state index in [0.717, 1.165) is 11.2 Å². The molecule has 6 heteroatoms. The van der Waals surface area contributed by atoms with Crippen LogP contribution in [0.3, 0.4) is 0 Å². The van der Waals surface area contributed by atoms with Crippen molar-refractivity contribution < 1.29 is 9.31 Å². The van der Waals surface area contributed by atoms with Crippen LogP contribution in [0.4, 0.5) is 5.69 Å². The van der Waals surface area contributed by atoms with Gasteiger partial charge in [-0.2, -0.15) is 0 Å². The molecule has 1 atom stereocenters. The third-order valence-corrected chi connectivity index (χ3v) is 5.51. The van der Waals surface area contributed by atoms with Gasteiger partial charge in [-0.25, -0.2) is 0 Å². The van der Waals surface area contributed by atoms with E-state index < -0.39 is 0 Å². The maximum absolute atomic E-state index is 6.10. The monoisotopic (exact) mass is 292 g/mol. The topological polar surface area (TPSA) is 42.5 Å². The number of benzene rings is 1. The van der Waals surface area contributed by atoms with Crippen LogP contribution in [0.5, 0.6) is 0 Å². The van der Waals surface area contributed by atoms with Crippen molar-refractivity contribution in [2.45, 2.75) is 49.3 Å². The fourth-order valence-electron chi connectivity index (χ4n) is 2.31. The van der Waals surface area contributed by atoms with Gasteiger partial charge < -0.3 is 14.6 Å². The molecular formula is C14H21BN2O2S. The molecule has 1 aromatic carbocycles. The highest BCUT2D eigenvalue weighted by atomic mass is 32.2. The Kier molecular flexibility index (Phi) is 3.32. The van der Waals surface area contributed by atoms with Crippen LogP contribution in [0.2, 0.25) is 0 Å². The van der Waals surface area contributed by atoms with E-state index in [9.17, 15) is 0 Å². The second kappa shape index (κ2) is 4.66. The number of nitrogens with one attached hydrogen (secondary N) is 2. The summed E-state index contributed by atoms with van der Waals surface area (Å²) in [6.07, 6.45) is 0. The number of rotatable bonds is 2. The van der Waals surface area contributed by atoms with Crippen molar-refractivity contribution in [2.24, 2.45) is 0 Å². The third kappa shape index (κ3) is 2.24. The molecule has 0 spiro atoms. The summed E-state index contributed by atoms with van der Waals surface area (Å²) in [6, 6.07) is 6.33. The molecule has 0 amide bonds. The van der Waals surface area contributed by atoms with Crippen LogP contribution in [0.1, 0.15) is 27.7 Å². The highest BCUT2D eigenvalue weighted by molar-refractivity contribution is 8.00. The van der Waals surface area contributed by atoms with E-state index in [4.69, 9.17) is 9.31 Å². The number of thioether (sulfide) groups is 1. The van der Waals surface area contributed by atoms with E-state index in [1.807, 2.05) is 7.05 Å². The molecule has 4 nitrogen and oxygen atoms in total. The first-order valence-corrected chi connectivity index (χ1v) is 7.80. The Morgan fingerprint density at radius 3 is 2.45 bits per heavy atom. The lowest BCUT2D eigenvalue weighted by Gasteiger charge is -2.32. The molecule has 1 fully saturated rings. The molecule has 0 aromatic heterocycles. The lowest BCUT2D eigenvalue weighted by molar-refractivity contribution is 0.00578. The van der Waals surface area contributed by atoms with Crippen molar-refractivity contribution in [3.63, 3.8) is 0 Å². The average Bonchev–Trinajstić information content (AvgIpc) is 2.87. The van der Waals surface area contributed by atoms with Gasteiger partial charge in [0.2, 0.25) is 0 Å². The van der Waals surface area contributed by atoms with E-state index in [-0.39, 0.29) is 23.8 Å². The normalized spacial score (nSPS) is 26.4. The van der Waals surface area contributed by atoms with Crippen LogP contribution in [-0.4, -0.2) is 30.9 Å². The molecule has 0 aliphatic carbocycles. The highest BCUT2D eigenvalue weighted by Crippen LogP contribution is 2.39. The molecule has 3 rings (SSSR count). The molecule has 2 heterocycles. The molecular weight excluding hydrogens is 271 g/mol. The standard InChI is InChI=1S/C14H21BN2O2S/c1-13(2)14(3,4)19-15(18-13)9-6-7-10-11(8-9)20-12(16-5)17-10/h6-8,12,16-17H,1-5H3.